The minimum absolute atomic E-state index is 0.114. The van der Waals surface area contributed by atoms with Crippen LogP contribution >= 0.6 is 0 Å². The number of benzene rings is 1. The summed E-state index contributed by atoms with van der Waals surface area (Å²) >= 11 is 0. The van der Waals surface area contributed by atoms with Crippen molar-refractivity contribution in [3.05, 3.63) is 53.0 Å². The van der Waals surface area contributed by atoms with Crippen molar-refractivity contribution in [1.82, 2.24) is 15.3 Å². The van der Waals surface area contributed by atoms with Gasteiger partial charge in [0.15, 0.2) is 0 Å². The minimum atomic E-state index is -0.114. The molecule has 1 saturated heterocycles. The molecule has 0 aliphatic carbocycles. The van der Waals surface area contributed by atoms with Crippen LogP contribution < -0.4 is 10.2 Å². The lowest BCUT2D eigenvalue weighted by atomic mass is 10.1. The van der Waals surface area contributed by atoms with Crippen molar-refractivity contribution >= 4 is 22.8 Å². The molecule has 146 valence electrons. The minimum Gasteiger partial charge on any atom is -0.442 e. The van der Waals surface area contributed by atoms with Gasteiger partial charge in [-0.15, -0.1) is 0 Å². The van der Waals surface area contributed by atoms with Crippen LogP contribution in [0.4, 0.5) is 5.82 Å². The Morgan fingerprint density at radius 3 is 2.64 bits per heavy atom. The third-order valence-electron chi connectivity index (χ3n) is 5.22. The number of nitrogens with zero attached hydrogens (tertiary/aromatic N) is 3. The van der Waals surface area contributed by atoms with Crippen LogP contribution in [0, 0.1) is 13.8 Å². The van der Waals surface area contributed by atoms with Gasteiger partial charge in [0, 0.05) is 19.6 Å². The summed E-state index contributed by atoms with van der Waals surface area (Å²) < 4.78 is 5.84. The highest BCUT2D eigenvalue weighted by Gasteiger charge is 2.26. The van der Waals surface area contributed by atoms with Gasteiger partial charge in [0.2, 0.25) is 5.71 Å². The van der Waals surface area contributed by atoms with E-state index in [4.69, 9.17) is 4.42 Å². The molecule has 6 heteroatoms. The average Bonchev–Trinajstić information content (AvgIpc) is 3.32. The first-order valence-corrected chi connectivity index (χ1v) is 9.98. The summed E-state index contributed by atoms with van der Waals surface area (Å²) in [4.78, 5) is 24.3. The van der Waals surface area contributed by atoms with Crippen LogP contribution in [0.15, 0.2) is 34.7 Å². The summed E-state index contributed by atoms with van der Waals surface area (Å²) in [6.45, 7) is 6.21. The first-order chi connectivity index (χ1) is 13.6. The Balaban J connectivity index is 1.53. The van der Waals surface area contributed by atoms with Gasteiger partial charge in [-0.3, -0.25) is 4.79 Å². The number of nitrogens with one attached hydrogen (secondary N) is 1. The maximum absolute atomic E-state index is 13.0. The van der Waals surface area contributed by atoms with Gasteiger partial charge in [0.25, 0.3) is 5.91 Å². The van der Waals surface area contributed by atoms with E-state index >= 15 is 0 Å². The first-order valence-electron chi connectivity index (χ1n) is 9.98. The van der Waals surface area contributed by atoms with Crippen LogP contribution in [0.25, 0.3) is 11.1 Å². The van der Waals surface area contributed by atoms with Gasteiger partial charge in [-0.05, 0) is 45.1 Å². The third kappa shape index (κ3) is 3.72. The molecule has 4 rings (SSSR count). The fourth-order valence-electron chi connectivity index (χ4n) is 3.86. The monoisotopic (exact) mass is 378 g/mol. The summed E-state index contributed by atoms with van der Waals surface area (Å²) in [7, 11) is 0. The van der Waals surface area contributed by atoms with E-state index in [1.807, 2.05) is 32.0 Å². The Morgan fingerprint density at radius 2 is 1.89 bits per heavy atom. The molecule has 0 unspecified atom stereocenters. The number of fused-ring (bicyclic) bond motifs is 1. The van der Waals surface area contributed by atoms with E-state index in [2.05, 4.69) is 32.3 Å². The number of carbonyl (C=O) groups is 1. The standard InChI is InChI=1S/C22H26N4O2/c1-15-18(21(27)23-12-8-11-17-9-4-3-5-10-17)19-20(26-13-6-7-14-26)24-16(2)25-22(19)28-15/h3-5,9-10H,6-8,11-14H2,1-2H3,(H,23,27). The molecule has 0 spiro atoms. The molecule has 1 aromatic carbocycles. The molecular formula is C22H26N4O2. The molecule has 3 heterocycles. The number of hydrogen-bond donors (Lipinski definition) is 1. The highest BCUT2D eigenvalue weighted by atomic mass is 16.3. The number of rotatable bonds is 6. The van der Waals surface area contributed by atoms with Crippen molar-refractivity contribution in [2.75, 3.05) is 24.5 Å². The molecule has 1 N–H and O–H groups in total. The second-order valence-electron chi connectivity index (χ2n) is 7.35. The fourth-order valence-corrected chi connectivity index (χ4v) is 3.86. The SMILES string of the molecule is Cc1nc(N2CCCC2)c2c(C(=O)NCCCc3ccccc3)c(C)oc2n1. The maximum atomic E-state index is 13.0. The van der Waals surface area contributed by atoms with Crippen LogP contribution in [-0.4, -0.2) is 35.5 Å². The molecule has 6 nitrogen and oxygen atoms in total. The molecule has 0 bridgehead atoms. The Morgan fingerprint density at radius 1 is 1.14 bits per heavy atom. The van der Waals surface area contributed by atoms with Gasteiger partial charge in [0.05, 0.1) is 10.9 Å². The smallest absolute Gasteiger partial charge is 0.255 e. The molecule has 0 atom stereocenters. The van der Waals surface area contributed by atoms with E-state index in [1.54, 1.807) is 0 Å². The maximum Gasteiger partial charge on any atom is 0.255 e. The number of amides is 1. The fraction of sp³-hybridized carbons (Fsp3) is 0.409. The van der Waals surface area contributed by atoms with Crippen LogP contribution in [0.1, 0.15) is 46.8 Å². The highest BCUT2D eigenvalue weighted by molar-refractivity contribution is 6.10. The third-order valence-corrected chi connectivity index (χ3v) is 5.22. The zero-order valence-electron chi connectivity index (χ0n) is 16.5. The molecule has 1 amide bonds. The van der Waals surface area contributed by atoms with Gasteiger partial charge in [0.1, 0.15) is 17.4 Å². The number of hydrogen-bond acceptors (Lipinski definition) is 5. The van der Waals surface area contributed by atoms with Crippen LogP contribution in [-0.2, 0) is 6.42 Å². The summed E-state index contributed by atoms with van der Waals surface area (Å²) in [6.07, 6.45) is 4.11. The van der Waals surface area contributed by atoms with E-state index in [9.17, 15) is 4.79 Å². The van der Waals surface area contributed by atoms with E-state index < -0.39 is 0 Å². The van der Waals surface area contributed by atoms with Crippen molar-refractivity contribution in [3.8, 4) is 0 Å². The number of furan rings is 1. The second kappa shape index (κ2) is 8.00. The molecule has 1 aliphatic heterocycles. The number of carbonyl (C=O) groups excluding carboxylic acids is 1. The summed E-state index contributed by atoms with van der Waals surface area (Å²) in [5.74, 6) is 1.97. The second-order valence-corrected chi connectivity index (χ2v) is 7.35. The van der Waals surface area contributed by atoms with Crippen LogP contribution in [0.3, 0.4) is 0 Å². The van der Waals surface area contributed by atoms with Crippen molar-refractivity contribution in [3.63, 3.8) is 0 Å². The molecular weight excluding hydrogens is 352 g/mol. The van der Waals surface area contributed by atoms with Crippen molar-refractivity contribution in [2.24, 2.45) is 0 Å². The lowest BCUT2D eigenvalue weighted by Crippen LogP contribution is -2.26. The molecule has 2 aromatic heterocycles. The first kappa shape index (κ1) is 18.5. The number of aromatic nitrogens is 2. The van der Waals surface area contributed by atoms with E-state index in [0.29, 0.717) is 29.4 Å². The molecule has 1 fully saturated rings. The average molecular weight is 378 g/mol. The summed E-state index contributed by atoms with van der Waals surface area (Å²) in [5.41, 5.74) is 2.35. The van der Waals surface area contributed by atoms with Gasteiger partial charge < -0.3 is 14.6 Å². The summed E-state index contributed by atoms with van der Waals surface area (Å²) in [5, 5.41) is 3.79. The summed E-state index contributed by atoms with van der Waals surface area (Å²) in [6, 6.07) is 10.3. The molecule has 3 aromatic rings. The number of aryl methyl sites for hydroxylation is 3. The van der Waals surface area contributed by atoms with E-state index in [0.717, 1.165) is 50.0 Å². The van der Waals surface area contributed by atoms with Gasteiger partial charge >= 0.3 is 0 Å². The lowest BCUT2D eigenvalue weighted by molar-refractivity contribution is 0.0953. The normalized spacial score (nSPS) is 14.0. The largest absolute Gasteiger partial charge is 0.442 e. The quantitative estimate of drug-likeness (QED) is 0.661. The van der Waals surface area contributed by atoms with Crippen LogP contribution in [0.5, 0.6) is 0 Å². The Labute approximate surface area is 165 Å². The van der Waals surface area contributed by atoms with Gasteiger partial charge in [-0.2, -0.15) is 4.98 Å². The topological polar surface area (TPSA) is 71.3 Å². The van der Waals surface area contributed by atoms with Crippen molar-refractivity contribution in [2.45, 2.75) is 39.5 Å². The Kier molecular flexibility index (Phi) is 5.28. The number of anilines is 1. The Hall–Kier alpha value is -2.89. The predicted molar refractivity (Wildman–Crippen MR) is 110 cm³/mol. The van der Waals surface area contributed by atoms with Crippen molar-refractivity contribution < 1.29 is 9.21 Å². The van der Waals surface area contributed by atoms with Crippen LogP contribution in [0.2, 0.25) is 0 Å². The predicted octanol–water partition coefficient (Wildman–Crippen LogP) is 3.80. The van der Waals surface area contributed by atoms with E-state index in [-0.39, 0.29) is 5.91 Å². The Bertz CT molecular complexity index is 975. The zero-order chi connectivity index (χ0) is 19.5. The highest BCUT2D eigenvalue weighted by Crippen LogP contribution is 2.33. The molecule has 28 heavy (non-hydrogen) atoms. The van der Waals surface area contributed by atoms with E-state index in [1.165, 1.54) is 5.56 Å². The van der Waals surface area contributed by atoms with Gasteiger partial charge in [-0.25, -0.2) is 4.98 Å². The lowest BCUT2D eigenvalue weighted by Gasteiger charge is -2.18. The molecule has 1 aliphatic rings. The molecule has 0 saturated carbocycles. The zero-order valence-corrected chi connectivity index (χ0v) is 16.5. The van der Waals surface area contributed by atoms with Gasteiger partial charge in [-0.1, -0.05) is 30.3 Å². The van der Waals surface area contributed by atoms with Crippen molar-refractivity contribution in [1.29, 1.82) is 0 Å². The molecule has 0 radical (unpaired) electrons.